The molecule has 0 radical (unpaired) electrons. The van der Waals surface area contributed by atoms with E-state index in [9.17, 15) is 4.79 Å². The molecule has 0 spiro atoms. The number of likely N-dealkylation sites (tertiary alicyclic amines) is 1. The SMILES string of the molecule is CC(CNC(=O)CCCc1ccc(Cl)cc1)N1CCCC1. The zero-order valence-corrected chi connectivity index (χ0v) is 13.5. The molecule has 1 fully saturated rings. The second-order valence-corrected chi connectivity index (χ2v) is 6.31. The van der Waals surface area contributed by atoms with Gasteiger partial charge in [-0.1, -0.05) is 23.7 Å². The minimum absolute atomic E-state index is 0.162. The summed E-state index contributed by atoms with van der Waals surface area (Å²) in [4.78, 5) is 14.3. The van der Waals surface area contributed by atoms with E-state index in [-0.39, 0.29) is 5.91 Å². The van der Waals surface area contributed by atoms with Crippen LogP contribution >= 0.6 is 11.6 Å². The molecule has 1 N–H and O–H groups in total. The monoisotopic (exact) mass is 308 g/mol. The Bertz CT molecular complexity index is 441. The van der Waals surface area contributed by atoms with Crippen molar-refractivity contribution in [1.82, 2.24) is 10.2 Å². The number of hydrogen-bond acceptors (Lipinski definition) is 2. The highest BCUT2D eigenvalue weighted by atomic mass is 35.5. The third-order valence-corrected chi connectivity index (χ3v) is 4.39. The molecule has 1 aromatic carbocycles. The number of benzene rings is 1. The van der Waals surface area contributed by atoms with Crippen molar-refractivity contribution in [3.05, 3.63) is 34.9 Å². The van der Waals surface area contributed by atoms with Crippen molar-refractivity contribution in [2.75, 3.05) is 19.6 Å². The molecule has 1 atom stereocenters. The summed E-state index contributed by atoms with van der Waals surface area (Å²) in [6, 6.07) is 8.29. The van der Waals surface area contributed by atoms with E-state index < -0.39 is 0 Å². The molecule has 3 nitrogen and oxygen atoms in total. The third-order valence-electron chi connectivity index (χ3n) is 4.14. The van der Waals surface area contributed by atoms with Crippen molar-refractivity contribution < 1.29 is 4.79 Å². The summed E-state index contributed by atoms with van der Waals surface area (Å²) < 4.78 is 0. The van der Waals surface area contributed by atoms with Crippen LogP contribution in [0, 0.1) is 0 Å². The predicted octanol–water partition coefficient (Wildman–Crippen LogP) is 3.26. The number of carbonyl (C=O) groups excluding carboxylic acids is 1. The van der Waals surface area contributed by atoms with Gasteiger partial charge in [0.2, 0.25) is 5.91 Å². The van der Waals surface area contributed by atoms with E-state index in [4.69, 9.17) is 11.6 Å². The first-order chi connectivity index (χ1) is 10.1. The second kappa shape index (κ2) is 8.40. The number of nitrogens with one attached hydrogen (secondary N) is 1. The summed E-state index contributed by atoms with van der Waals surface area (Å²) in [5.41, 5.74) is 1.23. The van der Waals surface area contributed by atoms with Gasteiger partial charge in [0.05, 0.1) is 0 Å². The Hall–Kier alpha value is -1.06. The van der Waals surface area contributed by atoms with Crippen LogP contribution in [0.3, 0.4) is 0 Å². The molecular weight excluding hydrogens is 284 g/mol. The van der Waals surface area contributed by atoms with E-state index in [2.05, 4.69) is 17.1 Å². The van der Waals surface area contributed by atoms with Gasteiger partial charge in [-0.25, -0.2) is 0 Å². The number of aryl methyl sites for hydroxylation is 1. The highest BCUT2D eigenvalue weighted by Gasteiger charge is 2.18. The lowest BCUT2D eigenvalue weighted by Crippen LogP contribution is -2.40. The van der Waals surface area contributed by atoms with Crippen molar-refractivity contribution in [2.24, 2.45) is 0 Å². The van der Waals surface area contributed by atoms with Crippen LogP contribution in [0.25, 0.3) is 0 Å². The lowest BCUT2D eigenvalue weighted by atomic mass is 10.1. The van der Waals surface area contributed by atoms with Gasteiger partial charge in [0.1, 0.15) is 0 Å². The van der Waals surface area contributed by atoms with Crippen molar-refractivity contribution >= 4 is 17.5 Å². The Labute approximate surface area is 132 Å². The average Bonchev–Trinajstić information content (AvgIpc) is 3.01. The normalized spacial score (nSPS) is 16.9. The van der Waals surface area contributed by atoms with Crippen molar-refractivity contribution in [2.45, 2.75) is 45.1 Å². The number of carbonyl (C=O) groups is 1. The quantitative estimate of drug-likeness (QED) is 0.838. The maximum absolute atomic E-state index is 11.9. The van der Waals surface area contributed by atoms with Gasteiger partial charge in [0.25, 0.3) is 0 Å². The van der Waals surface area contributed by atoms with Crippen LogP contribution in [-0.4, -0.2) is 36.5 Å². The molecule has 0 bridgehead atoms. The molecule has 1 unspecified atom stereocenters. The number of amides is 1. The van der Waals surface area contributed by atoms with Gasteiger partial charge in [-0.15, -0.1) is 0 Å². The van der Waals surface area contributed by atoms with Crippen LogP contribution in [0.4, 0.5) is 0 Å². The molecule has 1 heterocycles. The highest BCUT2D eigenvalue weighted by Crippen LogP contribution is 2.12. The van der Waals surface area contributed by atoms with Crippen LogP contribution in [0.1, 0.15) is 38.2 Å². The maximum Gasteiger partial charge on any atom is 0.220 e. The molecule has 1 aliphatic heterocycles. The number of halogens is 1. The Morgan fingerprint density at radius 2 is 1.95 bits per heavy atom. The average molecular weight is 309 g/mol. The molecule has 0 saturated carbocycles. The summed E-state index contributed by atoms with van der Waals surface area (Å²) in [6.07, 6.45) is 4.98. The third kappa shape index (κ3) is 5.68. The standard InChI is InChI=1S/C17H25ClN2O/c1-14(20-11-2-3-12-20)13-19-17(21)6-4-5-15-7-9-16(18)10-8-15/h7-10,14H,2-6,11-13H2,1H3,(H,19,21). The van der Waals surface area contributed by atoms with E-state index in [0.717, 1.165) is 24.4 Å². The molecule has 116 valence electrons. The van der Waals surface area contributed by atoms with Gasteiger partial charge in [-0.3, -0.25) is 9.69 Å². The zero-order chi connectivity index (χ0) is 15.1. The second-order valence-electron chi connectivity index (χ2n) is 5.88. The number of hydrogen-bond donors (Lipinski definition) is 1. The number of nitrogens with zero attached hydrogens (tertiary/aromatic N) is 1. The largest absolute Gasteiger partial charge is 0.355 e. The van der Waals surface area contributed by atoms with Gasteiger partial charge in [0.15, 0.2) is 0 Å². The maximum atomic E-state index is 11.9. The summed E-state index contributed by atoms with van der Waals surface area (Å²) in [5.74, 6) is 0.162. The highest BCUT2D eigenvalue weighted by molar-refractivity contribution is 6.30. The van der Waals surface area contributed by atoms with E-state index in [1.165, 1.54) is 31.5 Å². The molecule has 2 rings (SSSR count). The molecule has 0 aromatic heterocycles. The van der Waals surface area contributed by atoms with Gasteiger partial charge < -0.3 is 5.32 Å². The van der Waals surface area contributed by atoms with Crippen LogP contribution in [0.5, 0.6) is 0 Å². The molecule has 21 heavy (non-hydrogen) atoms. The first-order valence-corrected chi connectivity index (χ1v) is 8.28. The van der Waals surface area contributed by atoms with Gasteiger partial charge >= 0.3 is 0 Å². The smallest absolute Gasteiger partial charge is 0.220 e. The summed E-state index contributed by atoms with van der Waals surface area (Å²) in [7, 11) is 0. The van der Waals surface area contributed by atoms with Crippen molar-refractivity contribution in [1.29, 1.82) is 0 Å². The Morgan fingerprint density at radius 1 is 1.29 bits per heavy atom. The van der Waals surface area contributed by atoms with Crippen LogP contribution in [0.15, 0.2) is 24.3 Å². The van der Waals surface area contributed by atoms with Gasteiger partial charge in [0, 0.05) is 24.0 Å². The molecule has 1 aromatic rings. The Balaban J connectivity index is 1.60. The van der Waals surface area contributed by atoms with Gasteiger partial charge in [-0.05, 0) is 63.4 Å². The lowest BCUT2D eigenvalue weighted by molar-refractivity contribution is -0.121. The minimum Gasteiger partial charge on any atom is -0.355 e. The molecule has 1 saturated heterocycles. The molecule has 1 amide bonds. The Kier molecular flexibility index (Phi) is 6.52. The fraction of sp³-hybridized carbons (Fsp3) is 0.588. The van der Waals surface area contributed by atoms with Crippen molar-refractivity contribution in [3.63, 3.8) is 0 Å². The Morgan fingerprint density at radius 3 is 2.62 bits per heavy atom. The van der Waals surface area contributed by atoms with Crippen LogP contribution in [-0.2, 0) is 11.2 Å². The molecule has 4 heteroatoms. The molecular formula is C17H25ClN2O. The van der Waals surface area contributed by atoms with E-state index in [0.29, 0.717) is 12.5 Å². The topological polar surface area (TPSA) is 32.3 Å². The summed E-state index contributed by atoms with van der Waals surface area (Å²) >= 11 is 5.85. The predicted molar refractivity (Wildman–Crippen MR) is 87.7 cm³/mol. The fourth-order valence-corrected chi connectivity index (χ4v) is 2.89. The van der Waals surface area contributed by atoms with Crippen LogP contribution < -0.4 is 5.32 Å². The first kappa shape index (κ1) is 16.3. The van der Waals surface area contributed by atoms with Crippen molar-refractivity contribution in [3.8, 4) is 0 Å². The van der Waals surface area contributed by atoms with E-state index >= 15 is 0 Å². The molecule has 1 aliphatic rings. The summed E-state index contributed by atoms with van der Waals surface area (Å²) in [5, 5.41) is 3.81. The van der Waals surface area contributed by atoms with Gasteiger partial charge in [-0.2, -0.15) is 0 Å². The molecule has 0 aliphatic carbocycles. The summed E-state index contributed by atoms with van der Waals surface area (Å²) in [6.45, 7) is 5.31. The number of rotatable bonds is 7. The van der Waals surface area contributed by atoms with Crippen LogP contribution in [0.2, 0.25) is 5.02 Å². The fourth-order valence-electron chi connectivity index (χ4n) is 2.77. The first-order valence-electron chi connectivity index (χ1n) is 7.90. The lowest BCUT2D eigenvalue weighted by Gasteiger charge is -2.23. The van der Waals surface area contributed by atoms with E-state index in [1.54, 1.807) is 0 Å². The van der Waals surface area contributed by atoms with E-state index in [1.807, 2.05) is 24.3 Å². The zero-order valence-electron chi connectivity index (χ0n) is 12.8. The minimum atomic E-state index is 0.162.